The van der Waals surface area contributed by atoms with Crippen LogP contribution in [0.2, 0.25) is 0 Å². The Hall–Kier alpha value is -4.15. The number of imidazole rings is 1. The largest absolute Gasteiger partial charge is 0.323 e. The summed E-state index contributed by atoms with van der Waals surface area (Å²) in [6.07, 6.45) is 0. The van der Waals surface area contributed by atoms with Gasteiger partial charge >= 0.3 is 0 Å². The second-order valence-electron chi connectivity index (χ2n) is 8.50. The molecule has 5 aromatic carbocycles. The quantitative estimate of drug-likeness (QED) is 0.275. The summed E-state index contributed by atoms with van der Waals surface area (Å²) in [4.78, 5) is 8.59. The number of nitrogens with zero attached hydrogens (tertiary/aromatic N) is 2. The molecule has 33 heavy (non-hydrogen) atoms. The highest BCUT2D eigenvalue weighted by Gasteiger charge is 2.22. The second kappa shape index (κ2) is 6.21. The molecule has 0 unspecified atom stereocenters. The van der Waals surface area contributed by atoms with Gasteiger partial charge in [0, 0.05) is 26.2 Å². The van der Waals surface area contributed by atoms with Crippen LogP contribution in [0.25, 0.3) is 69.7 Å². The molecule has 0 bridgehead atoms. The smallest absolute Gasteiger partial charge is 0.213 e. The van der Waals surface area contributed by atoms with E-state index in [9.17, 15) is 0 Å². The number of nitrogens with one attached hydrogen (secondary N) is 1. The number of hydrogen-bond donors (Lipinski definition) is 1. The van der Waals surface area contributed by atoms with Crippen molar-refractivity contribution >= 4 is 75.1 Å². The average Bonchev–Trinajstić information content (AvgIpc) is 3.55. The Morgan fingerprint density at radius 2 is 1.30 bits per heavy atom. The van der Waals surface area contributed by atoms with E-state index >= 15 is 0 Å². The maximum Gasteiger partial charge on any atom is 0.213 e. The Kier molecular flexibility index (Phi) is 3.28. The number of benzene rings is 5. The van der Waals surface area contributed by atoms with Gasteiger partial charge in [-0.3, -0.25) is 4.57 Å². The van der Waals surface area contributed by atoms with Gasteiger partial charge in [0.2, 0.25) is 5.95 Å². The van der Waals surface area contributed by atoms with E-state index in [2.05, 4.69) is 94.5 Å². The van der Waals surface area contributed by atoms with Gasteiger partial charge in [-0.25, -0.2) is 4.98 Å². The fourth-order valence-electron chi connectivity index (χ4n) is 5.39. The van der Waals surface area contributed by atoms with Crippen LogP contribution in [0.15, 0.2) is 97.1 Å². The molecule has 8 aromatic rings. The molecule has 0 aliphatic rings. The molecule has 0 amide bonds. The Labute approximate surface area is 192 Å². The Bertz CT molecular complexity index is 2000. The van der Waals surface area contributed by atoms with Crippen LogP contribution in [0.5, 0.6) is 0 Å². The topological polar surface area (TPSA) is 33.6 Å². The maximum atomic E-state index is 5.01. The zero-order chi connectivity index (χ0) is 21.5. The molecular weight excluding hydrogens is 422 g/mol. The molecular formula is C29H17N3S. The van der Waals surface area contributed by atoms with Crippen molar-refractivity contribution in [3.05, 3.63) is 97.1 Å². The number of rotatable bonds is 1. The first-order chi connectivity index (χ1) is 16.4. The van der Waals surface area contributed by atoms with Crippen molar-refractivity contribution in [1.29, 1.82) is 0 Å². The van der Waals surface area contributed by atoms with Gasteiger partial charge in [0.05, 0.1) is 26.8 Å². The maximum absolute atomic E-state index is 5.01. The Morgan fingerprint density at radius 1 is 0.636 bits per heavy atom. The minimum absolute atomic E-state index is 0.858. The van der Waals surface area contributed by atoms with Gasteiger partial charge in [0.25, 0.3) is 0 Å². The van der Waals surface area contributed by atoms with Crippen molar-refractivity contribution in [2.24, 2.45) is 0 Å². The molecule has 0 radical (unpaired) electrons. The molecule has 1 N–H and O–H groups in total. The van der Waals surface area contributed by atoms with E-state index in [-0.39, 0.29) is 0 Å². The van der Waals surface area contributed by atoms with Gasteiger partial charge in [-0.05, 0) is 35.0 Å². The highest BCUT2D eigenvalue weighted by Crippen LogP contribution is 2.47. The first kappa shape index (κ1) is 17.4. The molecule has 3 nitrogen and oxygen atoms in total. The van der Waals surface area contributed by atoms with Gasteiger partial charge in [-0.2, -0.15) is 0 Å². The third-order valence-electron chi connectivity index (χ3n) is 6.74. The number of hydrogen-bond acceptors (Lipinski definition) is 2. The van der Waals surface area contributed by atoms with Crippen molar-refractivity contribution in [3.63, 3.8) is 0 Å². The molecule has 4 heteroatoms. The SMILES string of the molecule is c1ccc2[nH]c(-n3c4ccccc4c4c5ccccc5c5c6ccccc6sc5c43)nc2c1. The lowest BCUT2D eigenvalue weighted by Gasteiger charge is -2.07. The van der Waals surface area contributed by atoms with E-state index in [1.54, 1.807) is 0 Å². The van der Waals surface area contributed by atoms with Crippen LogP contribution in [0.4, 0.5) is 0 Å². The summed E-state index contributed by atoms with van der Waals surface area (Å²) >= 11 is 1.87. The number of aromatic amines is 1. The van der Waals surface area contributed by atoms with Crippen LogP contribution in [0, 0.1) is 0 Å². The van der Waals surface area contributed by atoms with Crippen LogP contribution in [-0.2, 0) is 0 Å². The standard InChI is InChI=1S/C29H17N3S/c1-2-10-18-17(9-1)25-19-11-3-7-15-23(19)32(29-30-21-13-5-6-14-22(21)31-29)27(25)28-26(18)20-12-4-8-16-24(20)33-28/h1-16H,(H,30,31). The lowest BCUT2D eigenvalue weighted by Crippen LogP contribution is -1.96. The van der Waals surface area contributed by atoms with Gasteiger partial charge in [-0.1, -0.05) is 72.8 Å². The normalized spacial score (nSPS) is 12.2. The zero-order valence-corrected chi connectivity index (χ0v) is 18.4. The molecule has 0 fully saturated rings. The number of aromatic nitrogens is 3. The number of thiophene rings is 1. The number of para-hydroxylation sites is 3. The molecule has 154 valence electrons. The van der Waals surface area contributed by atoms with Crippen LogP contribution < -0.4 is 0 Å². The van der Waals surface area contributed by atoms with Crippen molar-refractivity contribution in [2.45, 2.75) is 0 Å². The monoisotopic (exact) mass is 439 g/mol. The predicted molar refractivity (Wildman–Crippen MR) is 141 cm³/mol. The summed E-state index contributed by atoms with van der Waals surface area (Å²) in [5, 5.41) is 7.79. The van der Waals surface area contributed by atoms with Gasteiger partial charge < -0.3 is 4.98 Å². The van der Waals surface area contributed by atoms with Crippen LogP contribution in [0.1, 0.15) is 0 Å². The van der Waals surface area contributed by atoms with Crippen LogP contribution in [0.3, 0.4) is 0 Å². The van der Waals surface area contributed by atoms with E-state index in [0.717, 1.165) is 17.0 Å². The molecule has 3 aromatic heterocycles. The van der Waals surface area contributed by atoms with E-state index in [1.807, 2.05) is 23.5 Å². The molecule has 0 aliphatic carbocycles. The fourth-order valence-corrected chi connectivity index (χ4v) is 6.65. The lowest BCUT2D eigenvalue weighted by atomic mass is 9.99. The lowest BCUT2D eigenvalue weighted by molar-refractivity contribution is 1.06. The van der Waals surface area contributed by atoms with Crippen LogP contribution >= 0.6 is 11.3 Å². The van der Waals surface area contributed by atoms with Gasteiger partial charge in [-0.15, -0.1) is 11.3 Å². The second-order valence-corrected chi connectivity index (χ2v) is 9.55. The average molecular weight is 440 g/mol. The molecule has 0 saturated carbocycles. The van der Waals surface area contributed by atoms with Gasteiger partial charge in [0.15, 0.2) is 0 Å². The highest BCUT2D eigenvalue weighted by molar-refractivity contribution is 7.27. The summed E-state index contributed by atoms with van der Waals surface area (Å²) in [7, 11) is 0. The van der Waals surface area contributed by atoms with Crippen molar-refractivity contribution in [3.8, 4) is 5.95 Å². The highest BCUT2D eigenvalue weighted by atomic mass is 32.1. The third-order valence-corrected chi connectivity index (χ3v) is 7.92. The molecule has 0 atom stereocenters. The summed E-state index contributed by atoms with van der Waals surface area (Å²) in [6.45, 7) is 0. The minimum atomic E-state index is 0.858. The number of fused-ring (bicyclic) bond motifs is 11. The first-order valence-electron chi connectivity index (χ1n) is 11.1. The summed E-state index contributed by atoms with van der Waals surface area (Å²) in [6, 6.07) is 34.5. The molecule has 8 rings (SSSR count). The number of H-pyrrole nitrogens is 1. The van der Waals surface area contributed by atoms with E-state index in [1.165, 1.54) is 52.8 Å². The first-order valence-corrected chi connectivity index (χ1v) is 11.9. The third kappa shape index (κ3) is 2.21. The molecule has 3 heterocycles. The molecule has 0 aliphatic heterocycles. The summed E-state index contributed by atoms with van der Waals surface area (Å²) in [5.41, 5.74) is 4.42. The Balaban J connectivity index is 1.72. The van der Waals surface area contributed by atoms with E-state index < -0.39 is 0 Å². The molecule has 0 saturated heterocycles. The van der Waals surface area contributed by atoms with E-state index in [4.69, 9.17) is 4.98 Å². The van der Waals surface area contributed by atoms with E-state index in [0.29, 0.717) is 0 Å². The Morgan fingerprint density at radius 3 is 2.15 bits per heavy atom. The van der Waals surface area contributed by atoms with Gasteiger partial charge in [0.1, 0.15) is 0 Å². The molecule has 0 spiro atoms. The summed E-state index contributed by atoms with van der Waals surface area (Å²) in [5.74, 6) is 0.858. The predicted octanol–water partition coefficient (Wildman–Crippen LogP) is 8.18. The minimum Gasteiger partial charge on any atom is -0.323 e. The van der Waals surface area contributed by atoms with Crippen LogP contribution in [-0.4, -0.2) is 14.5 Å². The van der Waals surface area contributed by atoms with Crippen molar-refractivity contribution in [1.82, 2.24) is 14.5 Å². The summed E-state index contributed by atoms with van der Waals surface area (Å²) < 4.78 is 4.95. The fraction of sp³-hybridized carbons (Fsp3) is 0. The van der Waals surface area contributed by atoms with Crippen molar-refractivity contribution < 1.29 is 0 Å². The van der Waals surface area contributed by atoms with Crippen molar-refractivity contribution in [2.75, 3.05) is 0 Å². The zero-order valence-electron chi connectivity index (χ0n) is 17.5.